The highest BCUT2D eigenvalue weighted by molar-refractivity contribution is 9.10. The average molecular weight is 1330 g/mol. The van der Waals surface area contributed by atoms with Crippen molar-refractivity contribution in [2.45, 2.75) is 90.8 Å². The molecule has 8 aromatic carbocycles. The summed E-state index contributed by atoms with van der Waals surface area (Å²) in [5.74, 6) is 0.746. The first kappa shape index (κ1) is 76.4. The lowest BCUT2D eigenvalue weighted by molar-refractivity contribution is 0.414. The average Bonchev–Trinajstić information content (AvgIpc) is 4.12. The zero-order valence-electron chi connectivity index (χ0n) is 51.0. The molecule has 0 radical (unpaired) electrons. The van der Waals surface area contributed by atoms with Crippen LogP contribution < -0.4 is 4.74 Å². The maximum Gasteiger partial charge on any atom is 0.175 e. The largest absolute Gasteiger partial charge is 0.497 e. The Hall–Kier alpha value is -5.60. The lowest BCUT2D eigenvalue weighted by Crippen LogP contribution is -1.95. The quantitative estimate of drug-likeness (QED) is 0.164. The van der Waals surface area contributed by atoms with E-state index in [2.05, 4.69) is 124 Å². The van der Waals surface area contributed by atoms with Crippen LogP contribution >= 0.6 is 73.6 Å². The lowest BCUT2D eigenvalue weighted by atomic mass is 10.2. The Kier molecular flexibility index (Phi) is 40.0. The smallest absolute Gasteiger partial charge is 0.175 e. The van der Waals surface area contributed by atoms with Crippen molar-refractivity contribution in [1.29, 1.82) is 0 Å². The molecule has 0 spiro atoms. The van der Waals surface area contributed by atoms with Gasteiger partial charge in [-0.1, -0.05) is 199 Å². The molecule has 4 nitrogen and oxygen atoms in total. The Bertz CT molecular complexity index is 3130. The Morgan fingerprint density at radius 2 is 0.810 bits per heavy atom. The topological polar surface area (TPSA) is 60.4 Å². The fourth-order valence-electron chi connectivity index (χ4n) is 5.96. The summed E-state index contributed by atoms with van der Waals surface area (Å²) in [4.78, 5) is 6.68. The predicted molar refractivity (Wildman–Crippen MR) is 374 cm³/mol. The van der Waals surface area contributed by atoms with E-state index in [-0.39, 0.29) is 5.82 Å². The normalized spacial score (nSPS) is 9.99. The molecule has 0 amide bonds. The summed E-state index contributed by atoms with van der Waals surface area (Å²) in [6, 6.07) is 71.9. The van der Waals surface area contributed by atoms with Gasteiger partial charge in [0, 0.05) is 57.2 Å². The van der Waals surface area contributed by atoms with Crippen molar-refractivity contribution in [2.24, 2.45) is 0 Å². The van der Waals surface area contributed by atoms with Crippen LogP contribution in [0.25, 0.3) is 0 Å². The highest BCUT2D eigenvalue weighted by atomic mass is 79.9. The summed E-state index contributed by atoms with van der Waals surface area (Å²) >= 11 is 19.8. The Morgan fingerprint density at radius 1 is 0.464 bits per heavy atom. The van der Waals surface area contributed by atoms with Crippen LogP contribution in [-0.2, 0) is 20.6 Å². The number of benzene rings is 8. The van der Waals surface area contributed by atoms with Crippen LogP contribution in [-0.4, -0.2) is 38.5 Å². The summed E-state index contributed by atoms with van der Waals surface area (Å²) in [6.07, 6.45) is 4.98. The highest BCUT2D eigenvalue weighted by Gasteiger charge is 2.04. The van der Waals surface area contributed by atoms with Crippen LogP contribution in [0.3, 0.4) is 0 Å². The number of methoxy groups -OCH3 is 1. The number of hydrogen-bond acceptors (Lipinski definition) is 7. The second kappa shape index (κ2) is 43.9. The van der Waals surface area contributed by atoms with Crippen molar-refractivity contribution in [3.63, 3.8) is 0 Å². The molecule has 10 aromatic rings. The molecule has 0 saturated carbocycles. The third-order valence-electron chi connectivity index (χ3n) is 10.9. The minimum atomic E-state index is -3.02. The number of halogens is 4. The second-order valence-electron chi connectivity index (χ2n) is 18.9. The zero-order chi connectivity index (χ0) is 63.0. The van der Waals surface area contributed by atoms with Crippen LogP contribution in [0.15, 0.2) is 244 Å². The van der Waals surface area contributed by atoms with Crippen LogP contribution in [0.1, 0.15) is 59.1 Å². The van der Waals surface area contributed by atoms with Gasteiger partial charge in [0.15, 0.2) is 9.84 Å². The standard InChI is InChI=1S/C8H10O2S.C8H10OS.C8H10O.C8H10S.C7H7Br.C7H7Cl.C7H7F.C7H8.C6H8S.C5H5ClS/c1-7-3-5-8(6-4-7)11(2,9)10;1-7-3-5-8(6-4-7)10(2)9;2*1-7-3-5-8(9-2)6-4-7;3*1-6-2-4-7(8)5-3-6;1-7-5-3-2-4-6-7;1-5-3-4-6(2)7-5;1-4-2-3-5(6)7-4/h3-6H,1-2H3;3-6H,1-2H3;2*3-6H,1-2H3;3*2-5H,1H3;2-6H,1H3;3-4H,1-2H3;2-3H,1H3. The molecular weight excluding hydrogens is 1250 g/mol. The maximum absolute atomic E-state index is 12.1. The predicted octanol–water partition coefficient (Wildman–Crippen LogP) is 22.5. The van der Waals surface area contributed by atoms with E-state index in [9.17, 15) is 17.0 Å². The first-order valence-corrected chi connectivity index (χ1v) is 34.4. The molecular formula is C71H82BrCl2FO4S5. The number of hydrogen-bond donors (Lipinski definition) is 0. The molecule has 0 aliphatic carbocycles. The van der Waals surface area contributed by atoms with Crippen LogP contribution in [0.4, 0.5) is 4.39 Å². The molecule has 2 heterocycles. The molecule has 1 unspecified atom stereocenters. The molecule has 0 saturated heterocycles. The molecule has 2 aromatic heterocycles. The molecule has 84 heavy (non-hydrogen) atoms. The minimum absolute atomic E-state index is 0.171. The number of thioether (sulfide) groups is 1. The molecule has 1 atom stereocenters. The van der Waals surface area contributed by atoms with Gasteiger partial charge in [0.1, 0.15) is 11.6 Å². The van der Waals surface area contributed by atoms with Gasteiger partial charge in [-0.3, -0.25) is 4.21 Å². The van der Waals surface area contributed by atoms with E-state index in [4.69, 9.17) is 27.9 Å². The number of rotatable bonds is 4. The van der Waals surface area contributed by atoms with Crippen LogP contribution in [0, 0.1) is 82.0 Å². The lowest BCUT2D eigenvalue weighted by Gasteiger charge is -1.97. The van der Waals surface area contributed by atoms with Gasteiger partial charge >= 0.3 is 0 Å². The number of aryl methyl sites for hydroxylation is 11. The summed E-state index contributed by atoms with van der Waals surface area (Å²) < 4.78 is 51.8. The number of ether oxygens (including phenoxy) is 1. The fraction of sp³-hybridized carbons (Fsp3) is 0.211. The van der Waals surface area contributed by atoms with Crippen LogP contribution in [0.2, 0.25) is 9.36 Å². The summed E-state index contributed by atoms with van der Waals surface area (Å²) in [5, 5.41) is 0.801. The van der Waals surface area contributed by atoms with E-state index in [0.717, 1.165) is 35.6 Å². The van der Waals surface area contributed by atoms with Crippen molar-refractivity contribution in [3.05, 3.63) is 303 Å². The molecule has 0 bridgehead atoms. The molecule has 0 aliphatic rings. The molecule has 0 fully saturated rings. The highest BCUT2D eigenvalue weighted by Crippen LogP contribution is 2.20. The van der Waals surface area contributed by atoms with Gasteiger partial charge in [-0.15, -0.1) is 34.4 Å². The van der Waals surface area contributed by atoms with E-state index in [1.807, 2.05) is 161 Å². The summed E-state index contributed by atoms with van der Waals surface area (Å²) in [5.41, 5.74) is 9.81. The van der Waals surface area contributed by atoms with Gasteiger partial charge in [0.25, 0.3) is 0 Å². The fourth-order valence-corrected chi connectivity index (χ4v) is 9.70. The summed E-state index contributed by atoms with van der Waals surface area (Å²) in [6.45, 7) is 22.5. The van der Waals surface area contributed by atoms with Crippen molar-refractivity contribution in [1.82, 2.24) is 0 Å². The number of sulfone groups is 1. The van der Waals surface area contributed by atoms with E-state index < -0.39 is 20.6 Å². The van der Waals surface area contributed by atoms with E-state index in [1.54, 1.807) is 72.9 Å². The Labute approximate surface area is 537 Å². The third kappa shape index (κ3) is 39.9. The minimum Gasteiger partial charge on any atom is -0.497 e. The Balaban J connectivity index is 0.000000468. The number of thiophene rings is 2. The van der Waals surface area contributed by atoms with Crippen LogP contribution in [0.5, 0.6) is 5.75 Å². The van der Waals surface area contributed by atoms with Gasteiger partial charge in [0.05, 0.1) is 16.3 Å². The molecule has 13 heteroatoms. The molecule has 0 N–H and O–H groups in total. The summed E-state index contributed by atoms with van der Waals surface area (Å²) in [7, 11) is -2.19. The van der Waals surface area contributed by atoms with E-state index in [0.29, 0.717) is 4.90 Å². The van der Waals surface area contributed by atoms with Gasteiger partial charge in [-0.05, 0) is 192 Å². The van der Waals surface area contributed by atoms with Crippen molar-refractivity contribution < 1.29 is 21.8 Å². The van der Waals surface area contributed by atoms with Crippen molar-refractivity contribution in [2.75, 3.05) is 25.9 Å². The third-order valence-corrected chi connectivity index (χ3v) is 16.5. The first-order chi connectivity index (χ1) is 39.7. The SMILES string of the molecule is COc1ccc(C)cc1.CSc1ccc(C)cc1.Cc1ccc(Br)cc1.Cc1ccc(C)s1.Cc1ccc(Cl)cc1.Cc1ccc(Cl)s1.Cc1ccc(F)cc1.Cc1ccc(S(C)(=O)=O)cc1.Cc1ccc(S(C)=O)cc1.Cc1ccccc1. The van der Waals surface area contributed by atoms with E-state index >= 15 is 0 Å². The zero-order valence-corrected chi connectivity index (χ0v) is 58.2. The Morgan fingerprint density at radius 3 is 1.08 bits per heavy atom. The van der Waals surface area contributed by atoms with E-state index in [1.165, 1.54) is 71.3 Å². The first-order valence-electron chi connectivity index (χ1n) is 26.5. The molecule has 10 rings (SSSR count). The molecule has 0 aliphatic heterocycles. The monoisotopic (exact) mass is 1330 g/mol. The molecule has 448 valence electrons. The van der Waals surface area contributed by atoms with Gasteiger partial charge in [0.2, 0.25) is 0 Å². The van der Waals surface area contributed by atoms with Crippen molar-refractivity contribution >= 4 is 94.2 Å². The van der Waals surface area contributed by atoms with Crippen molar-refractivity contribution in [3.8, 4) is 5.75 Å². The van der Waals surface area contributed by atoms with Gasteiger partial charge < -0.3 is 4.74 Å². The second-order valence-corrected chi connectivity index (χ2v) is 28.0. The maximum atomic E-state index is 12.1. The van der Waals surface area contributed by atoms with Gasteiger partial charge in [-0.25, -0.2) is 12.8 Å². The van der Waals surface area contributed by atoms with Gasteiger partial charge in [-0.2, -0.15) is 0 Å².